The molecule has 2 aliphatic carbocycles. The van der Waals surface area contributed by atoms with Crippen molar-refractivity contribution in [1.29, 1.82) is 0 Å². The van der Waals surface area contributed by atoms with Gasteiger partial charge in [0.15, 0.2) is 0 Å². The van der Waals surface area contributed by atoms with E-state index in [2.05, 4.69) is 11.0 Å². The molecule has 3 atom stereocenters. The molecule has 0 amide bonds. The second-order valence-electron chi connectivity index (χ2n) is 7.38. The van der Waals surface area contributed by atoms with Gasteiger partial charge >= 0.3 is 0 Å². The van der Waals surface area contributed by atoms with Gasteiger partial charge in [-0.05, 0) is 73.7 Å². The molecule has 1 aromatic rings. The molecule has 1 saturated heterocycles. The first-order valence-corrected chi connectivity index (χ1v) is 8.87. The molecule has 0 radical (unpaired) electrons. The summed E-state index contributed by atoms with van der Waals surface area (Å²) in [7, 11) is 0. The fourth-order valence-electron chi connectivity index (χ4n) is 5.07. The lowest BCUT2D eigenvalue weighted by Crippen LogP contribution is -2.44. The highest BCUT2D eigenvalue weighted by Gasteiger charge is 2.35. The summed E-state index contributed by atoms with van der Waals surface area (Å²) in [5.41, 5.74) is 2.88. The Morgan fingerprint density at radius 1 is 0.952 bits per heavy atom. The number of hydrogen-bond donors (Lipinski definition) is 1. The molecule has 1 N–H and O–H groups in total. The zero-order chi connectivity index (χ0) is 14.2. The number of aromatic hydroxyl groups is 1. The molecule has 1 saturated carbocycles. The second-order valence-corrected chi connectivity index (χ2v) is 7.38. The van der Waals surface area contributed by atoms with E-state index in [0.717, 1.165) is 18.3 Å². The first-order chi connectivity index (χ1) is 10.3. The van der Waals surface area contributed by atoms with Crippen molar-refractivity contribution in [2.75, 3.05) is 13.1 Å². The molecule has 0 aromatic heterocycles. The lowest BCUT2D eigenvalue weighted by atomic mass is 9.74. The predicted molar refractivity (Wildman–Crippen MR) is 85.4 cm³/mol. The van der Waals surface area contributed by atoms with E-state index in [0.29, 0.717) is 11.8 Å². The number of fused-ring (bicyclic) bond motifs is 2. The zero-order valence-corrected chi connectivity index (χ0v) is 12.9. The van der Waals surface area contributed by atoms with Gasteiger partial charge in [0.25, 0.3) is 0 Å². The Labute approximate surface area is 128 Å². The Bertz CT molecular complexity index is 512. The van der Waals surface area contributed by atoms with E-state index in [-0.39, 0.29) is 0 Å². The quantitative estimate of drug-likeness (QED) is 0.832. The molecule has 0 bridgehead atoms. The molecule has 114 valence electrons. The van der Waals surface area contributed by atoms with Crippen molar-refractivity contribution in [1.82, 2.24) is 4.90 Å². The second kappa shape index (κ2) is 5.64. The summed E-state index contributed by atoms with van der Waals surface area (Å²) < 4.78 is 0. The molecule has 2 heteroatoms. The zero-order valence-electron chi connectivity index (χ0n) is 12.9. The van der Waals surface area contributed by atoms with E-state index in [1.165, 1.54) is 69.2 Å². The van der Waals surface area contributed by atoms with Gasteiger partial charge in [0.1, 0.15) is 5.75 Å². The lowest BCUT2D eigenvalue weighted by molar-refractivity contribution is 0.0505. The maximum Gasteiger partial charge on any atom is 0.115 e. The average Bonchev–Trinajstić information content (AvgIpc) is 2.53. The molecule has 2 nitrogen and oxygen atoms in total. The molecule has 3 aliphatic rings. The average molecular weight is 285 g/mol. The molecular weight excluding hydrogens is 258 g/mol. The smallest absolute Gasteiger partial charge is 0.115 e. The van der Waals surface area contributed by atoms with Gasteiger partial charge in [-0.25, -0.2) is 0 Å². The van der Waals surface area contributed by atoms with Gasteiger partial charge < -0.3 is 5.11 Å². The van der Waals surface area contributed by atoms with E-state index in [4.69, 9.17) is 0 Å². The number of phenolic OH excluding ortho intramolecular Hbond substituents is 1. The van der Waals surface area contributed by atoms with Crippen LogP contribution in [0.4, 0.5) is 0 Å². The fraction of sp³-hybridized carbons (Fsp3) is 0.684. The van der Waals surface area contributed by atoms with Crippen molar-refractivity contribution in [3.8, 4) is 5.75 Å². The molecule has 1 heterocycles. The standard InChI is InChI=1S/C19H27NO/c21-17-8-9-18-15(12-17)6-3-7-19(18)20-11-10-14-4-1-2-5-16(14)13-20/h8-9,12,14,16,19,21H,1-7,10-11,13H2. The molecule has 1 aromatic carbocycles. The molecule has 3 unspecified atom stereocenters. The van der Waals surface area contributed by atoms with Gasteiger partial charge in [-0.3, -0.25) is 4.90 Å². The minimum absolute atomic E-state index is 0.431. The third kappa shape index (κ3) is 2.59. The first-order valence-electron chi connectivity index (χ1n) is 8.87. The van der Waals surface area contributed by atoms with E-state index < -0.39 is 0 Å². The van der Waals surface area contributed by atoms with Crippen molar-refractivity contribution in [3.63, 3.8) is 0 Å². The molecule has 21 heavy (non-hydrogen) atoms. The van der Waals surface area contributed by atoms with Crippen molar-refractivity contribution in [3.05, 3.63) is 29.3 Å². The van der Waals surface area contributed by atoms with Crippen LogP contribution < -0.4 is 0 Å². The lowest BCUT2D eigenvalue weighted by Gasteiger charge is -2.45. The number of piperidine rings is 1. The minimum atomic E-state index is 0.431. The number of rotatable bonds is 1. The predicted octanol–water partition coefficient (Wildman–Crippen LogP) is 4.28. The minimum Gasteiger partial charge on any atom is -0.508 e. The summed E-state index contributed by atoms with van der Waals surface area (Å²) >= 11 is 0. The van der Waals surface area contributed by atoms with Crippen LogP contribution in [0.15, 0.2) is 18.2 Å². The Hall–Kier alpha value is -1.02. The van der Waals surface area contributed by atoms with Crippen LogP contribution in [-0.2, 0) is 6.42 Å². The Kier molecular flexibility index (Phi) is 3.66. The number of likely N-dealkylation sites (tertiary alicyclic amines) is 1. The third-order valence-corrected chi connectivity index (χ3v) is 6.17. The van der Waals surface area contributed by atoms with Gasteiger partial charge in [0.05, 0.1) is 0 Å². The molecule has 1 aliphatic heterocycles. The molecule has 4 rings (SSSR count). The van der Waals surface area contributed by atoms with E-state index in [1.807, 2.05) is 12.1 Å². The number of aryl methyl sites for hydroxylation is 1. The highest BCUT2D eigenvalue weighted by atomic mass is 16.3. The van der Waals surface area contributed by atoms with Crippen molar-refractivity contribution >= 4 is 0 Å². The SMILES string of the molecule is Oc1ccc2c(c1)CCCC2N1CCC2CCCCC2C1. The summed E-state index contributed by atoms with van der Waals surface area (Å²) in [5.74, 6) is 2.40. The van der Waals surface area contributed by atoms with Crippen LogP contribution in [0.2, 0.25) is 0 Å². The Balaban J connectivity index is 1.55. The van der Waals surface area contributed by atoms with Crippen molar-refractivity contribution < 1.29 is 5.11 Å². The van der Waals surface area contributed by atoms with Crippen LogP contribution in [0.1, 0.15) is 62.1 Å². The number of hydrogen-bond acceptors (Lipinski definition) is 2. The largest absolute Gasteiger partial charge is 0.508 e. The topological polar surface area (TPSA) is 23.5 Å². The maximum atomic E-state index is 9.73. The number of nitrogens with zero attached hydrogens (tertiary/aromatic N) is 1. The van der Waals surface area contributed by atoms with Gasteiger partial charge in [-0.2, -0.15) is 0 Å². The monoisotopic (exact) mass is 285 g/mol. The van der Waals surface area contributed by atoms with Crippen molar-refractivity contribution in [2.45, 2.75) is 57.4 Å². The summed E-state index contributed by atoms with van der Waals surface area (Å²) in [4.78, 5) is 2.77. The van der Waals surface area contributed by atoms with Crippen LogP contribution in [0.25, 0.3) is 0 Å². The van der Waals surface area contributed by atoms with Crippen molar-refractivity contribution in [2.24, 2.45) is 11.8 Å². The highest BCUT2D eigenvalue weighted by Crippen LogP contribution is 2.42. The van der Waals surface area contributed by atoms with E-state index >= 15 is 0 Å². The van der Waals surface area contributed by atoms with Crippen LogP contribution in [-0.4, -0.2) is 23.1 Å². The fourth-order valence-corrected chi connectivity index (χ4v) is 5.07. The highest BCUT2D eigenvalue weighted by molar-refractivity contribution is 5.38. The van der Waals surface area contributed by atoms with Crippen LogP contribution in [0, 0.1) is 11.8 Å². The maximum absolute atomic E-state index is 9.73. The normalized spacial score (nSPS) is 33.2. The Morgan fingerprint density at radius 3 is 2.71 bits per heavy atom. The summed E-state index contributed by atoms with van der Waals surface area (Å²) in [6.45, 7) is 2.60. The van der Waals surface area contributed by atoms with Gasteiger partial charge in [0, 0.05) is 12.6 Å². The summed E-state index contributed by atoms with van der Waals surface area (Å²) in [6, 6.07) is 6.66. The van der Waals surface area contributed by atoms with Crippen LogP contribution >= 0.6 is 0 Å². The van der Waals surface area contributed by atoms with E-state index in [9.17, 15) is 5.11 Å². The molecule has 2 fully saturated rings. The Morgan fingerprint density at radius 2 is 1.81 bits per heavy atom. The van der Waals surface area contributed by atoms with Crippen LogP contribution in [0.5, 0.6) is 5.75 Å². The van der Waals surface area contributed by atoms with Gasteiger partial charge in [-0.1, -0.05) is 25.3 Å². The third-order valence-electron chi connectivity index (χ3n) is 6.17. The number of benzene rings is 1. The summed E-state index contributed by atoms with van der Waals surface area (Å²) in [6.07, 6.45) is 11.0. The van der Waals surface area contributed by atoms with Gasteiger partial charge in [0.2, 0.25) is 0 Å². The van der Waals surface area contributed by atoms with E-state index in [1.54, 1.807) is 0 Å². The van der Waals surface area contributed by atoms with Gasteiger partial charge in [-0.15, -0.1) is 0 Å². The molecular formula is C19H27NO. The molecule has 0 spiro atoms. The van der Waals surface area contributed by atoms with Crippen LogP contribution in [0.3, 0.4) is 0 Å². The number of phenols is 1. The first kappa shape index (κ1) is 13.6. The summed E-state index contributed by atoms with van der Waals surface area (Å²) in [5, 5.41) is 9.73.